The zero-order valence-electron chi connectivity index (χ0n) is 17.2. The fourth-order valence-corrected chi connectivity index (χ4v) is 3.82. The average Bonchev–Trinajstić information content (AvgIpc) is 3.37. The van der Waals surface area contributed by atoms with Gasteiger partial charge in [-0.3, -0.25) is 9.89 Å². The second-order valence-corrected chi connectivity index (χ2v) is 7.35. The predicted molar refractivity (Wildman–Crippen MR) is 114 cm³/mol. The normalized spacial score (nSPS) is 12.1. The molecule has 2 N–H and O–H groups in total. The third kappa shape index (κ3) is 3.87. The van der Waals surface area contributed by atoms with Gasteiger partial charge in [-0.2, -0.15) is 5.10 Å². The van der Waals surface area contributed by atoms with Crippen LogP contribution in [0.3, 0.4) is 0 Å². The SMILES string of the molecule is Cc1n[nH]c(C)c1[C@H](C)NC(=O)c1cn(C(c2ccccc2)c2ccccc2)nn1. The number of benzene rings is 2. The van der Waals surface area contributed by atoms with Crippen molar-refractivity contribution in [3.63, 3.8) is 0 Å². The van der Waals surface area contributed by atoms with Gasteiger partial charge in [0.1, 0.15) is 6.04 Å². The molecule has 0 saturated carbocycles. The number of amides is 1. The number of nitrogens with one attached hydrogen (secondary N) is 2. The van der Waals surface area contributed by atoms with Crippen molar-refractivity contribution in [3.8, 4) is 0 Å². The summed E-state index contributed by atoms with van der Waals surface area (Å²) in [5, 5.41) is 18.6. The Balaban J connectivity index is 1.60. The number of nitrogens with zero attached hydrogens (tertiary/aromatic N) is 4. The van der Waals surface area contributed by atoms with Crippen LogP contribution in [0.1, 0.15) is 57.6 Å². The molecule has 1 atom stereocenters. The Morgan fingerprint density at radius 2 is 1.60 bits per heavy atom. The first-order chi connectivity index (χ1) is 14.5. The first-order valence-electron chi connectivity index (χ1n) is 9.88. The number of H-pyrrole nitrogens is 1. The van der Waals surface area contributed by atoms with E-state index in [0.29, 0.717) is 0 Å². The standard InChI is InChI=1S/C23H24N6O/c1-15(21-16(2)25-26-17(21)3)24-23(30)20-14-29(28-27-20)22(18-10-6-4-7-11-18)19-12-8-5-9-13-19/h4-15,22H,1-3H3,(H,24,30)(H,25,26)/t15-/m0/s1. The van der Waals surface area contributed by atoms with E-state index in [-0.39, 0.29) is 23.7 Å². The zero-order valence-corrected chi connectivity index (χ0v) is 17.2. The molecular weight excluding hydrogens is 376 g/mol. The van der Waals surface area contributed by atoms with Crippen molar-refractivity contribution in [1.82, 2.24) is 30.5 Å². The highest BCUT2D eigenvalue weighted by atomic mass is 16.2. The summed E-state index contributed by atoms with van der Waals surface area (Å²) < 4.78 is 1.73. The third-order valence-electron chi connectivity index (χ3n) is 5.20. The van der Waals surface area contributed by atoms with Gasteiger partial charge in [0.25, 0.3) is 5.91 Å². The summed E-state index contributed by atoms with van der Waals surface area (Å²) in [5.41, 5.74) is 5.21. The van der Waals surface area contributed by atoms with Crippen LogP contribution in [0.25, 0.3) is 0 Å². The molecule has 0 spiro atoms. The number of aryl methyl sites for hydroxylation is 2. The fourth-order valence-electron chi connectivity index (χ4n) is 3.82. The first kappa shape index (κ1) is 19.6. The van der Waals surface area contributed by atoms with Crippen molar-refractivity contribution >= 4 is 5.91 Å². The number of carbonyl (C=O) groups is 1. The van der Waals surface area contributed by atoms with Gasteiger partial charge >= 0.3 is 0 Å². The van der Waals surface area contributed by atoms with E-state index in [1.807, 2.05) is 81.4 Å². The lowest BCUT2D eigenvalue weighted by molar-refractivity contribution is 0.0934. The van der Waals surface area contributed by atoms with Gasteiger partial charge < -0.3 is 5.32 Å². The van der Waals surface area contributed by atoms with Crippen LogP contribution in [-0.2, 0) is 0 Å². The minimum Gasteiger partial charge on any atom is -0.344 e. The maximum atomic E-state index is 12.8. The molecule has 7 heteroatoms. The largest absolute Gasteiger partial charge is 0.344 e. The summed E-state index contributed by atoms with van der Waals surface area (Å²) in [6, 6.07) is 19.8. The van der Waals surface area contributed by atoms with Crippen LogP contribution in [0.15, 0.2) is 66.9 Å². The van der Waals surface area contributed by atoms with Crippen LogP contribution in [0.2, 0.25) is 0 Å². The van der Waals surface area contributed by atoms with Crippen molar-refractivity contribution in [1.29, 1.82) is 0 Å². The van der Waals surface area contributed by atoms with Crippen LogP contribution in [0.4, 0.5) is 0 Å². The van der Waals surface area contributed by atoms with E-state index >= 15 is 0 Å². The Hall–Kier alpha value is -3.74. The number of carbonyl (C=O) groups excluding carboxylic acids is 1. The monoisotopic (exact) mass is 400 g/mol. The van der Waals surface area contributed by atoms with Crippen molar-refractivity contribution in [2.24, 2.45) is 0 Å². The molecule has 0 unspecified atom stereocenters. The van der Waals surface area contributed by atoms with Gasteiger partial charge in [0, 0.05) is 11.3 Å². The molecule has 4 aromatic rings. The quantitative estimate of drug-likeness (QED) is 0.516. The van der Waals surface area contributed by atoms with E-state index in [4.69, 9.17) is 0 Å². The van der Waals surface area contributed by atoms with Crippen LogP contribution in [0.5, 0.6) is 0 Å². The van der Waals surface area contributed by atoms with E-state index in [9.17, 15) is 4.79 Å². The van der Waals surface area contributed by atoms with E-state index in [0.717, 1.165) is 28.1 Å². The van der Waals surface area contributed by atoms with Crippen molar-refractivity contribution < 1.29 is 4.79 Å². The third-order valence-corrected chi connectivity index (χ3v) is 5.20. The Bertz CT molecular complexity index is 1070. The van der Waals surface area contributed by atoms with Gasteiger partial charge in [-0.25, -0.2) is 4.68 Å². The van der Waals surface area contributed by atoms with Crippen LogP contribution in [-0.4, -0.2) is 31.1 Å². The van der Waals surface area contributed by atoms with Gasteiger partial charge in [-0.05, 0) is 31.9 Å². The Kier molecular flexibility index (Phi) is 5.43. The summed E-state index contributed by atoms with van der Waals surface area (Å²) in [7, 11) is 0. The number of rotatable bonds is 6. The molecule has 0 bridgehead atoms. The van der Waals surface area contributed by atoms with E-state index < -0.39 is 0 Å². The molecule has 2 aromatic heterocycles. The highest BCUT2D eigenvalue weighted by Gasteiger charge is 2.22. The molecule has 0 fully saturated rings. The highest BCUT2D eigenvalue weighted by molar-refractivity contribution is 5.92. The number of hydrogen-bond donors (Lipinski definition) is 2. The van der Waals surface area contributed by atoms with Crippen LogP contribution in [0, 0.1) is 13.8 Å². The molecule has 2 aromatic carbocycles. The summed E-state index contributed by atoms with van der Waals surface area (Å²) in [4.78, 5) is 12.8. The lowest BCUT2D eigenvalue weighted by atomic mass is 9.99. The molecule has 30 heavy (non-hydrogen) atoms. The summed E-state index contributed by atoms with van der Waals surface area (Å²) in [5.74, 6) is -0.270. The maximum absolute atomic E-state index is 12.8. The number of aromatic amines is 1. The minimum atomic E-state index is -0.270. The molecule has 0 radical (unpaired) electrons. The van der Waals surface area contributed by atoms with E-state index in [2.05, 4.69) is 25.8 Å². The molecule has 0 aliphatic carbocycles. The van der Waals surface area contributed by atoms with E-state index in [1.54, 1.807) is 10.9 Å². The lowest BCUT2D eigenvalue weighted by Gasteiger charge is -2.18. The van der Waals surface area contributed by atoms with Gasteiger partial charge in [-0.15, -0.1) is 5.10 Å². The molecule has 1 amide bonds. The molecule has 2 heterocycles. The van der Waals surface area contributed by atoms with Crippen molar-refractivity contribution in [2.75, 3.05) is 0 Å². The van der Waals surface area contributed by atoms with Crippen LogP contribution >= 0.6 is 0 Å². The minimum absolute atomic E-state index is 0.169. The number of aromatic nitrogens is 5. The van der Waals surface area contributed by atoms with Crippen molar-refractivity contribution in [3.05, 3.63) is 101 Å². The smallest absolute Gasteiger partial charge is 0.273 e. The molecular formula is C23H24N6O. The predicted octanol–water partition coefficient (Wildman–Crippen LogP) is 3.75. The molecule has 0 aliphatic rings. The second-order valence-electron chi connectivity index (χ2n) is 7.35. The van der Waals surface area contributed by atoms with Gasteiger partial charge in [-0.1, -0.05) is 65.9 Å². The fraction of sp³-hybridized carbons (Fsp3) is 0.217. The van der Waals surface area contributed by atoms with Crippen molar-refractivity contribution in [2.45, 2.75) is 32.9 Å². The molecule has 7 nitrogen and oxygen atoms in total. The van der Waals surface area contributed by atoms with Gasteiger partial charge in [0.2, 0.25) is 0 Å². The second kappa shape index (κ2) is 8.32. The van der Waals surface area contributed by atoms with Gasteiger partial charge in [0.05, 0.1) is 17.9 Å². The average molecular weight is 400 g/mol. The first-order valence-corrected chi connectivity index (χ1v) is 9.88. The summed E-state index contributed by atoms with van der Waals surface area (Å²) in [6.45, 7) is 5.80. The van der Waals surface area contributed by atoms with E-state index in [1.165, 1.54) is 0 Å². The van der Waals surface area contributed by atoms with Gasteiger partial charge in [0.15, 0.2) is 5.69 Å². The molecule has 0 aliphatic heterocycles. The molecule has 0 saturated heterocycles. The molecule has 4 rings (SSSR count). The number of hydrogen-bond acceptors (Lipinski definition) is 4. The lowest BCUT2D eigenvalue weighted by Crippen LogP contribution is -2.27. The summed E-state index contributed by atoms with van der Waals surface area (Å²) in [6.07, 6.45) is 1.70. The summed E-state index contributed by atoms with van der Waals surface area (Å²) >= 11 is 0. The molecule has 152 valence electrons. The zero-order chi connectivity index (χ0) is 21.1. The maximum Gasteiger partial charge on any atom is 0.273 e. The highest BCUT2D eigenvalue weighted by Crippen LogP contribution is 2.26. The Morgan fingerprint density at radius 3 is 2.13 bits per heavy atom. The Labute approximate surface area is 175 Å². The topological polar surface area (TPSA) is 88.5 Å². The van der Waals surface area contributed by atoms with Crippen LogP contribution < -0.4 is 5.32 Å². The Morgan fingerprint density at radius 1 is 1.00 bits per heavy atom.